The summed E-state index contributed by atoms with van der Waals surface area (Å²) in [7, 11) is 1.29. The quantitative estimate of drug-likeness (QED) is 0.171. The third kappa shape index (κ3) is 7.29. The lowest BCUT2D eigenvalue weighted by Gasteiger charge is -2.16. The monoisotopic (exact) mass is 566 g/mol. The molecular formula is C27H27BrN4O3S. The van der Waals surface area contributed by atoms with Crippen LogP contribution in [0.15, 0.2) is 82.4 Å². The zero-order valence-corrected chi connectivity index (χ0v) is 22.6. The maximum Gasteiger partial charge on any atom is 0.411 e. The molecule has 3 aromatic rings. The Kier molecular flexibility index (Phi) is 9.84. The molecular weight excluding hydrogens is 540 g/mol. The molecule has 0 aliphatic heterocycles. The highest BCUT2D eigenvalue weighted by molar-refractivity contribution is 9.10. The van der Waals surface area contributed by atoms with Gasteiger partial charge in [-0.2, -0.15) is 0 Å². The molecule has 0 spiro atoms. The third-order valence-electron chi connectivity index (χ3n) is 5.19. The molecule has 9 heteroatoms. The first kappa shape index (κ1) is 27.2. The maximum atomic E-state index is 13.5. The minimum absolute atomic E-state index is 0.223. The molecule has 0 aliphatic carbocycles. The number of ketones is 1. The lowest BCUT2D eigenvalue weighted by Crippen LogP contribution is -2.25. The van der Waals surface area contributed by atoms with Gasteiger partial charge < -0.3 is 10.5 Å². The van der Waals surface area contributed by atoms with Gasteiger partial charge in [0.25, 0.3) is 0 Å². The number of aliphatic imine (C=N–C) groups is 1. The summed E-state index contributed by atoms with van der Waals surface area (Å²) in [6, 6.07) is 18.6. The fraction of sp³-hybridized carbons (Fsp3) is 0.185. The number of hydrogen-bond donors (Lipinski definition) is 2. The fourth-order valence-electron chi connectivity index (χ4n) is 3.29. The lowest BCUT2D eigenvalue weighted by atomic mass is 10.1. The molecule has 0 bridgehead atoms. The minimum Gasteiger partial charge on any atom is -0.453 e. The number of amides is 1. The molecule has 0 radical (unpaired) electrons. The van der Waals surface area contributed by atoms with Crippen LogP contribution in [-0.2, 0) is 10.5 Å². The number of thioether (sulfide) groups is 1. The van der Waals surface area contributed by atoms with Crippen LogP contribution in [0.3, 0.4) is 0 Å². The molecule has 3 rings (SSSR count). The Morgan fingerprint density at radius 1 is 1.19 bits per heavy atom. The summed E-state index contributed by atoms with van der Waals surface area (Å²) in [6.07, 6.45) is 2.80. The summed E-state index contributed by atoms with van der Waals surface area (Å²) in [5.74, 6) is 0.473. The minimum atomic E-state index is -0.592. The van der Waals surface area contributed by atoms with Crippen LogP contribution in [-0.4, -0.2) is 34.9 Å². The molecule has 1 amide bonds. The topological polar surface area (TPSA) is 107 Å². The van der Waals surface area contributed by atoms with Crippen molar-refractivity contribution in [3.8, 4) is 0 Å². The van der Waals surface area contributed by atoms with Crippen molar-refractivity contribution in [3.05, 3.63) is 94.2 Å². The van der Waals surface area contributed by atoms with E-state index in [1.54, 1.807) is 54.4 Å². The number of rotatable bonds is 9. The Morgan fingerprint density at radius 2 is 1.94 bits per heavy atom. The standard InChI is InChI=1S/C27H27BrN4O3S/c1-4-23(21-12-11-20(14-22(21)29)31-27(34)35-3)32-25(26(33)24-13-10-19(28)15-30-24)17(2)36-16-18-8-6-5-7-9-18/h4-15,17H,16,29H2,1-3H3,(H,31,34)/b23-4-,32-25+/t17-/m1/s1. The van der Waals surface area contributed by atoms with E-state index in [1.165, 1.54) is 7.11 Å². The lowest BCUT2D eigenvalue weighted by molar-refractivity contribution is 0.106. The zero-order chi connectivity index (χ0) is 26.1. The molecule has 1 aromatic heterocycles. The highest BCUT2D eigenvalue weighted by Gasteiger charge is 2.23. The van der Waals surface area contributed by atoms with Gasteiger partial charge in [-0.25, -0.2) is 9.79 Å². The van der Waals surface area contributed by atoms with E-state index in [0.717, 1.165) is 15.8 Å². The summed E-state index contributed by atoms with van der Waals surface area (Å²) in [4.78, 5) is 34.2. The van der Waals surface area contributed by atoms with Gasteiger partial charge in [-0.15, -0.1) is 11.8 Å². The van der Waals surface area contributed by atoms with Crippen molar-refractivity contribution in [2.24, 2.45) is 4.99 Å². The molecule has 0 fully saturated rings. The third-order valence-corrected chi connectivity index (χ3v) is 6.89. The fourth-order valence-corrected chi connectivity index (χ4v) is 4.48. The van der Waals surface area contributed by atoms with Crippen molar-refractivity contribution in [2.45, 2.75) is 24.9 Å². The zero-order valence-electron chi connectivity index (χ0n) is 20.2. The molecule has 1 atom stereocenters. The highest BCUT2D eigenvalue weighted by Crippen LogP contribution is 2.28. The number of methoxy groups -OCH3 is 1. The Hall–Kier alpha value is -3.43. The number of nitrogens with zero attached hydrogens (tertiary/aromatic N) is 2. The number of halogens is 1. The summed E-state index contributed by atoms with van der Waals surface area (Å²) >= 11 is 4.98. The summed E-state index contributed by atoms with van der Waals surface area (Å²) in [5, 5.41) is 2.36. The molecule has 0 aliphatic rings. The number of Topliss-reactive ketones (excluding diaryl/α,β-unsaturated/α-hetero) is 1. The SMILES string of the molecule is C/C=C(\N=C(\C(=O)c1ccc(Br)cn1)[C@@H](C)SCc1ccccc1)c1ccc(NC(=O)OC)cc1N. The first-order valence-corrected chi connectivity index (χ1v) is 13.0. The number of benzene rings is 2. The smallest absolute Gasteiger partial charge is 0.411 e. The molecule has 0 saturated heterocycles. The van der Waals surface area contributed by atoms with Gasteiger partial charge in [0, 0.05) is 38.6 Å². The maximum absolute atomic E-state index is 13.5. The number of allylic oxidation sites excluding steroid dienone is 1. The van der Waals surface area contributed by atoms with Crippen LogP contribution in [0, 0.1) is 0 Å². The van der Waals surface area contributed by atoms with Gasteiger partial charge in [0.15, 0.2) is 0 Å². The first-order valence-electron chi connectivity index (χ1n) is 11.1. The molecule has 186 valence electrons. The summed E-state index contributed by atoms with van der Waals surface area (Å²) in [5.41, 5.74) is 10.2. The Morgan fingerprint density at radius 3 is 2.56 bits per heavy atom. The number of nitrogen functional groups attached to an aromatic ring is 1. The van der Waals surface area contributed by atoms with Gasteiger partial charge in [0.1, 0.15) is 11.4 Å². The number of ether oxygens (including phenoxy) is 1. The summed E-state index contributed by atoms with van der Waals surface area (Å²) < 4.78 is 5.41. The Bertz CT molecular complexity index is 1280. The normalized spacial score (nSPS) is 12.7. The average Bonchev–Trinajstić information content (AvgIpc) is 2.89. The van der Waals surface area contributed by atoms with Gasteiger partial charge >= 0.3 is 6.09 Å². The van der Waals surface area contributed by atoms with E-state index in [0.29, 0.717) is 34.0 Å². The van der Waals surface area contributed by atoms with Crippen LogP contribution in [0.25, 0.3) is 5.70 Å². The van der Waals surface area contributed by atoms with Crippen molar-refractivity contribution >= 4 is 62.4 Å². The number of pyridine rings is 1. The average molecular weight is 568 g/mol. The predicted molar refractivity (Wildman–Crippen MR) is 151 cm³/mol. The van der Waals surface area contributed by atoms with Gasteiger partial charge in [-0.1, -0.05) is 36.4 Å². The van der Waals surface area contributed by atoms with Crippen LogP contribution < -0.4 is 11.1 Å². The Labute approximate surface area is 223 Å². The van der Waals surface area contributed by atoms with Gasteiger partial charge in [-0.3, -0.25) is 15.1 Å². The van der Waals surface area contributed by atoms with E-state index < -0.39 is 6.09 Å². The van der Waals surface area contributed by atoms with Crippen LogP contribution in [0.4, 0.5) is 16.2 Å². The number of hydrogen-bond acceptors (Lipinski definition) is 7. The van der Waals surface area contributed by atoms with Crippen molar-refractivity contribution in [1.82, 2.24) is 4.98 Å². The number of nitrogens with two attached hydrogens (primary N) is 1. The van der Waals surface area contributed by atoms with E-state index in [2.05, 4.69) is 43.1 Å². The van der Waals surface area contributed by atoms with Gasteiger partial charge in [-0.05, 0) is 65.7 Å². The van der Waals surface area contributed by atoms with E-state index in [9.17, 15) is 9.59 Å². The Balaban J connectivity index is 1.96. The van der Waals surface area contributed by atoms with Crippen molar-refractivity contribution < 1.29 is 14.3 Å². The molecule has 2 aromatic carbocycles. The van der Waals surface area contributed by atoms with Crippen LogP contribution in [0.2, 0.25) is 0 Å². The van der Waals surface area contributed by atoms with Crippen LogP contribution in [0.5, 0.6) is 0 Å². The molecule has 3 N–H and O–H groups in total. The molecule has 7 nitrogen and oxygen atoms in total. The number of carbonyl (C=O) groups excluding carboxylic acids is 2. The first-order chi connectivity index (χ1) is 17.3. The van der Waals surface area contributed by atoms with Crippen molar-refractivity contribution in [2.75, 3.05) is 18.2 Å². The van der Waals surface area contributed by atoms with E-state index in [1.807, 2.05) is 32.0 Å². The van der Waals surface area contributed by atoms with Gasteiger partial charge in [0.05, 0.1) is 12.8 Å². The van der Waals surface area contributed by atoms with Crippen LogP contribution >= 0.6 is 27.7 Å². The van der Waals surface area contributed by atoms with Crippen molar-refractivity contribution in [3.63, 3.8) is 0 Å². The second-order valence-corrected chi connectivity index (χ2v) is 9.96. The second-order valence-electron chi connectivity index (χ2n) is 7.72. The van der Waals surface area contributed by atoms with E-state index in [4.69, 9.17) is 10.7 Å². The molecule has 1 heterocycles. The van der Waals surface area contributed by atoms with Crippen LogP contribution in [0.1, 0.15) is 35.5 Å². The highest BCUT2D eigenvalue weighted by atomic mass is 79.9. The second kappa shape index (κ2) is 13.0. The number of carbonyl (C=O) groups is 2. The molecule has 0 unspecified atom stereocenters. The molecule has 36 heavy (non-hydrogen) atoms. The number of aromatic nitrogens is 1. The van der Waals surface area contributed by atoms with Crippen molar-refractivity contribution in [1.29, 1.82) is 0 Å². The predicted octanol–water partition coefficient (Wildman–Crippen LogP) is 6.61. The number of anilines is 2. The largest absolute Gasteiger partial charge is 0.453 e. The van der Waals surface area contributed by atoms with E-state index >= 15 is 0 Å². The summed E-state index contributed by atoms with van der Waals surface area (Å²) in [6.45, 7) is 3.80. The van der Waals surface area contributed by atoms with E-state index in [-0.39, 0.29) is 11.0 Å². The molecule has 0 saturated carbocycles. The van der Waals surface area contributed by atoms with Gasteiger partial charge in [0.2, 0.25) is 5.78 Å². The number of nitrogens with one attached hydrogen (secondary N) is 1.